The normalized spacial score (nSPS) is 12.7. The molecular weight excluding hydrogens is 456 g/mol. The van der Waals surface area contributed by atoms with Gasteiger partial charge in [-0.05, 0) is 6.92 Å². The summed E-state index contributed by atoms with van der Waals surface area (Å²) in [5.74, 6) is -7.70. The monoisotopic (exact) mass is 486 g/mol. The highest BCUT2D eigenvalue weighted by Crippen LogP contribution is 2.20. The summed E-state index contributed by atoms with van der Waals surface area (Å²) in [6.07, 6.45) is -1.66. The minimum atomic E-state index is -1.29. The van der Waals surface area contributed by atoms with E-state index in [0.717, 1.165) is 28.4 Å². The standard InChI is InChI=1S/C22H30O12/c1-12(34-20(26)14(3)16(22(28)32-7)11-18(24)30-5)8-9-33-19(25)13(2)15(21(27)31-6)10-17(23)29-4/h12,15-16H,2-3,8-11H2,1,4-7H3. The summed E-state index contributed by atoms with van der Waals surface area (Å²) < 4.78 is 28.3. The number of hydrogen-bond acceptors (Lipinski definition) is 12. The molecule has 0 aromatic carbocycles. The number of ether oxygens (including phenoxy) is 6. The van der Waals surface area contributed by atoms with Gasteiger partial charge < -0.3 is 28.4 Å². The average molecular weight is 486 g/mol. The Morgan fingerprint density at radius 1 is 0.676 bits per heavy atom. The molecule has 0 radical (unpaired) electrons. The van der Waals surface area contributed by atoms with Gasteiger partial charge in [-0.25, -0.2) is 9.59 Å². The molecule has 0 N–H and O–H groups in total. The van der Waals surface area contributed by atoms with Crippen LogP contribution in [0.25, 0.3) is 0 Å². The van der Waals surface area contributed by atoms with Gasteiger partial charge in [0, 0.05) is 17.6 Å². The lowest BCUT2D eigenvalue weighted by atomic mass is 9.97. The molecule has 190 valence electrons. The summed E-state index contributed by atoms with van der Waals surface area (Å²) in [6, 6.07) is 0. The maximum atomic E-state index is 12.3. The minimum Gasteiger partial charge on any atom is -0.469 e. The molecule has 0 saturated heterocycles. The lowest BCUT2D eigenvalue weighted by molar-refractivity contribution is -0.154. The first-order chi connectivity index (χ1) is 15.9. The molecule has 0 aromatic heterocycles. The largest absolute Gasteiger partial charge is 0.469 e. The average Bonchev–Trinajstić information content (AvgIpc) is 2.83. The maximum absolute atomic E-state index is 12.3. The van der Waals surface area contributed by atoms with Crippen molar-refractivity contribution in [3.8, 4) is 0 Å². The van der Waals surface area contributed by atoms with E-state index in [-0.39, 0.29) is 24.2 Å². The molecule has 0 amide bonds. The molecule has 0 fully saturated rings. The van der Waals surface area contributed by atoms with Gasteiger partial charge in [0.15, 0.2) is 0 Å². The predicted octanol–water partition coefficient (Wildman–Crippen LogP) is 0.668. The summed E-state index contributed by atoms with van der Waals surface area (Å²) in [5.41, 5.74) is -0.614. The van der Waals surface area contributed by atoms with Crippen LogP contribution in [0.4, 0.5) is 0 Å². The van der Waals surface area contributed by atoms with Gasteiger partial charge >= 0.3 is 35.8 Å². The van der Waals surface area contributed by atoms with Gasteiger partial charge in [0.25, 0.3) is 0 Å². The van der Waals surface area contributed by atoms with Crippen molar-refractivity contribution in [2.24, 2.45) is 11.8 Å². The van der Waals surface area contributed by atoms with Crippen LogP contribution in [-0.4, -0.2) is 77.0 Å². The lowest BCUT2D eigenvalue weighted by Crippen LogP contribution is -2.29. The summed E-state index contributed by atoms with van der Waals surface area (Å²) in [5, 5.41) is 0. The Morgan fingerprint density at radius 3 is 1.47 bits per heavy atom. The van der Waals surface area contributed by atoms with E-state index in [1.807, 2.05) is 0 Å². The van der Waals surface area contributed by atoms with Crippen LogP contribution in [0, 0.1) is 11.8 Å². The van der Waals surface area contributed by atoms with Crippen LogP contribution < -0.4 is 0 Å². The SMILES string of the molecule is C=C(C(=O)OCCC(C)OC(=O)C(=C)C(CC(=O)OC)C(=O)OC)C(CC(=O)OC)C(=O)OC. The molecule has 0 aliphatic rings. The zero-order chi connectivity index (χ0) is 26.4. The molecule has 0 aromatic rings. The highest BCUT2D eigenvalue weighted by molar-refractivity contribution is 5.97. The van der Waals surface area contributed by atoms with E-state index in [9.17, 15) is 28.8 Å². The van der Waals surface area contributed by atoms with E-state index in [2.05, 4.69) is 32.1 Å². The quantitative estimate of drug-likeness (QED) is 0.192. The maximum Gasteiger partial charge on any atom is 0.334 e. The van der Waals surface area contributed by atoms with Gasteiger partial charge in [-0.1, -0.05) is 13.2 Å². The first-order valence-electron chi connectivity index (χ1n) is 9.98. The van der Waals surface area contributed by atoms with Gasteiger partial charge in [-0.15, -0.1) is 0 Å². The molecule has 34 heavy (non-hydrogen) atoms. The second kappa shape index (κ2) is 15.2. The fourth-order valence-corrected chi connectivity index (χ4v) is 2.49. The molecule has 0 aliphatic heterocycles. The number of carbonyl (C=O) groups is 6. The van der Waals surface area contributed by atoms with E-state index in [0.29, 0.717) is 0 Å². The molecule has 0 saturated carbocycles. The Balaban J connectivity index is 4.88. The van der Waals surface area contributed by atoms with Crippen molar-refractivity contribution in [1.82, 2.24) is 0 Å². The Morgan fingerprint density at radius 2 is 1.09 bits per heavy atom. The second-order valence-electron chi connectivity index (χ2n) is 6.90. The van der Waals surface area contributed by atoms with E-state index in [1.165, 1.54) is 6.92 Å². The van der Waals surface area contributed by atoms with Crippen molar-refractivity contribution in [2.75, 3.05) is 35.0 Å². The van der Waals surface area contributed by atoms with Crippen LogP contribution in [0.1, 0.15) is 26.2 Å². The third kappa shape index (κ3) is 9.84. The summed E-state index contributed by atoms with van der Waals surface area (Å²) in [7, 11) is 4.42. The highest BCUT2D eigenvalue weighted by atomic mass is 16.6. The van der Waals surface area contributed by atoms with Gasteiger partial charge in [0.05, 0.1) is 59.7 Å². The molecule has 0 bridgehead atoms. The van der Waals surface area contributed by atoms with Crippen molar-refractivity contribution >= 4 is 35.8 Å². The van der Waals surface area contributed by atoms with Gasteiger partial charge in [-0.2, -0.15) is 0 Å². The molecule has 3 atom stereocenters. The molecule has 0 spiro atoms. The van der Waals surface area contributed by atoms with E-state index in [4.69, 9.17) is 9.47 Å². The number of rotatable bonds is 14. The molecule has 3 unspecified atom stereocenters. The van der Waals surface area contributed by atoms with Gasteiger partial charge in [0.2, 0.25) is 0 Å². The second-order valence-corrected chi connectivity index (χ2v) is 6.90. The van der Waals surface area contributed by atoms with Gasteiger partial charge in [-0.3, -0.25) is 19.2 Å². The molecule has 0 rings (SSSR count). The minimum absolute atomic E-state index is 0.0395. The third-order valence-corrected chi connectivity index (χ3v) is 4.60. The first kappa shape index (κ1) is 30.3. The van der Waals surface area contributed by atoms with Crippen molar-refractivity contribution in [2.45, 2.75) is 32.3 Å². The van der Waals surface area contributed by atoms with Crippen molar-refractivity contribution in [3.63, 3.8) is 0 Å². The molecule has 12 nitrogen and oxygen atoms in total. The highest BCUT2D eigenvalue weighted by Gasteiger charge is 2.32. The zero-order valence-corrected chi connectivity index (χ0v) is 19.9. The van der Waals surface area contributed by atoms with E-state index >= 15 is 0 Å². The first-order valence-corrected chi connectivity index (χ1v) is 9.98. The van der Waals surface area contributed by atoms with Crippen LogP contribution in [0.3, 0.4) is 0 Å². The van der Waals surface area contributed by atoms with Crippen molar-refractivity contribution in [3.05, 3.63) is 24.3 Å². The van der Waals surface area contributed by atoms with Crippen LogP contribution in [0.15, 0.2) is 24.3 Å². The number of carbonyl (C=O) groups excluding carboxylic acids is 6. The van der Waals surface area contributed by atoms with Crippen LogP contribution in [-0.2, 0) is 57.2 Å². The van der Waals surface area contributed by atoms with Crippen molar-refractivity contribution in [1.29, 1.82) is 0 Å². The van der Waals surface area contributed by atoms with E-state index < -0.39 is 66.6 Å². The van der Waals surface area contributed by atoms with Crippen LogP contribution in [0.5, 0.6) is 0 Å². The zero-order valence-electron chi connectivity index (χ0n) is 19.9. The van der Waals surface area contributed by atoms with Gasteiger partial charge in [0.1, 0.15) is 6.10 Å². The smallest absolute Gasteiger partial charge is 0.334 e. The van der Waals surface area contributed by atoms with Crippen LogP contribution >= 0.6 is 0 Å². The lowest BCUT2D eigenvalue weighted by Gasteiger charge is -2.19. The summed E-state index contributed by atoms with van der Waals surface area (Å²) in [4.78, 5) is 71.3. The third-order valence-electron chi connectivity index (χ3n) is 4.60. The Hall–Kier alpha value is -3.70. The fraction of sp³-hybridized carbons (Fsp3) is 0.545. The molecule has 12 heteroatoms. The molecule has 0 aliphatic carbocycles. The molecule has 0 heterocycles. The number of hydrogen-bond donors (Lipinski definition) is 0. The Bertz CT molecular complexity index is 813. The summed E-state index contributed by atoms with van der Waals surface area (Å²) >= 11 is 0. The number of methoxy groups -OCH3 is 4. The fourth-order valence-electron chi connectivity index (χ4n) is 2.49. The Labute approximate surface area is 197 Å². The van der Waals surface area contributed by atoms with Crippen LogP contribution in [0.2, 0.25) is 0 Å². The number of esters is 6. The predicted molar refractivity (Wildman–Crippen MR) is 114 cm³/mol. The summed E-state index contributed by atoms with van der Waals surface area (Å²) in [6.45, 7) is 8.27. The van der Waals surface area contributed by atoms with E-state index in [1.54, 1.807) is 0 Å². The van der Waals surface area contributed by atoms with Crippen molar-refractivity contribution < 1.29 is 57.2 Å². The molecular formula is C22H30O12. The topological polar surface area (TPSA) is 158 Å². The Kier molecular flexibility index (Phi) is 13.5.